The van der Waals surface area contributed by atoms with Crippen molar-refractivity contribution in [2.75, 3.05) is 42.5 Å². The van der Waals surface area contributed by atoms with Gasteiger partial charge in [-0.15, -0.1) is 11.3 Å². The zero-order valence-corrected chi connectivity index (χ0v) is 30.1. The molecule has 0 saturated carbocycles. The largest absolute Gasteiger partial charge is 0.437 e. The first-order valence-electron chi connectivity index (χ1n) is 16.9. The minimum atomic E-state index is -3.39. The normalized spacial score (nSPS) is 15.0. The molecule has 1 atom stereocenters. The Morgan fingerprint density at radius 2 is 1.68 bits per heavy atom. The van der Waals surface area contributed by atoms with Crippen molar-refractivity contribution in [1.82, 2.24) is 20.0 Å². The van der Waals surface area contributed by atoms with E-state index in [1.807, 2.05) is 46.6 Å². The van der Waals surface area contributed by atoms with Crippen LogP contribution in [-0.4, -0.2) is 85.6 Å². The Labute approximate surface area is 299 Å². The standard InChI is InChI=1S/C36H45BN6O5S2/c1-37(46)43-23-9-15-31(25-43)38-34(44)16-10-22-42(24-21-32(27-11-5-3-6-12-27)28-13-7-4-8-14-28)36(45)40-35-39-33(26-49-35)29-17-19-30(20-18-29)41-50(2,47)48/h3-8,11-14,17-20,26,31-32,41,46H,9-10,15-16,21-25H2,1-2H3,(H,38,44)(H,39,40,45)/t31-/m1/s1. The van der Waals surface area contributed by atoms with E-state index in [2.05, 4.69) is 44.6 Å². The second-order valence-electron chi connectivity index (χ2n) is 12.7. The predicted molar refractivity (Wildman–Crippen MR) is 202 cm³/mol. The number of nitrogens with one attached hydrogen (secondary N) is 3. The first kappa shape index (κ1) is 37.0. The fraction of sp³-hybridized carbons (Fsp3) is 0.361. The summed E-state index contributed by atoms with van der Waals surface area (Å²) < 4.78 is 25.6. The van der Waals surface area contributed by atoms with Crippen molar-refractivity contribution in [2.45, 2.75) is 50.9 Å². The highest BCUT2D eigenvalue weighted by Crippen LogP contribution is 2.29. The molecule has 0 spiro atoms. The molecule has 1 aliphatic rings. The summed E-state index contributed by atoms with van der Waals surface area (Å²) in [7, 11) is -3.93. The number of nitrogens with zero attached hydrogens (tertiary/aromatic N) is 3. The van der Waals surface area contributed by atoms with Crippen LogP contribution in [0.3, 0.4) is 0 Å². The fourth-order valence-electron chi connectivity index (χ4n) is 6.25. The molecule has 1 aliphatic heterocycles. The number of thiazole rings is 1. The summed E-state index contributed by atoms with van der Waals surface area (Å²) in [6, 6.07) is 27.1. The molecule has 0 aliphatic carbocycles. The number of anilines is 2. The molecule has 5 rings (SSSR count). The second kappa shape index (κ2) is 17.6. The zero-order chi connectivity index (χ0) is 35.5. The quantitative estimate of drug-likeness (QED) is 0.116. The van der Waals surface area contributed by atoms with Crippen molar-refractivity contribution >= 4 is 51.2 Å². The number of hydrogen-bond donors (Lipinski definition) is 4. The number of sulfonamides is 1. The Morgan fingerprint density at radius 1 is 1.02 bits per heavy atom. The van der Waals surface area contributed by atoms with E-state index in [0.717, 1.165) is 31.2 Å². The maximum Gasteiger partial charge on any atom is 0.376 e. The minimum absolute atomic E-state index is 0.00555. The van der Waals surface area contributed by atoms with Crippen molar-refractivity contribution in [3.05, 3.63) is 101 Å². The minimum Gasteiger partial charge on any atom is -0.437 e. The molecule has 14 heteroatoms. The number of aromatic nitrogens is 1. The first-order chi connectivity index (χ1) is 24.0. The molecular formula is C36H45BN6O5S2. The van der Waals surface area contributed by atoms with Crippen LogP contribution in [0.15, 0.2) is 90.3 Å². The van der Waals surface area contributed by atoms with Gasteiger partial charge in [0, 0.05) is 54.6 Å². The summed E-state index contributed by atoms with van der Waals surface area (Å²) in [5.41, 5.74) is 4.23. The average molecular weight is 717 g/mol. The lowest BCUT2D eigenvalue weighted by molar-refractivity contribution is -0.122. The van der Waals surface area contributed by atoms with Crippen LogP contribution in [0.4, 0.5) is 15.6 Å². The number of carbonyl (C=O) groups is 2. The highest BCUT2D eigenvalue weighted by Gasteiger charge is 2.26. The number of piperidine rings is 1. The van der Waals surface area contributed by atoms with Crippen molar-refractivity contribution in [3.63, 3.8) is 0 Å². The van der Waals surface area contributed by atoms with Crippen LogP contribution in [-0.2, 0) is 14.8 Å². The first-order valence-corrected chi connectivity index (χ1v) is 19.7. The van der Waals surface area contributed by atoms with Gasteiger partial charge in [0.05, 0.1) is 11.9 Å². The van der Waals surface area contributed by atoms with Crippen molar-refractivity contribution in [2.24, 2.45) is 0 Å². The smallest absolute Gasteiger partial charge is 0.376 e. The lowest BCUT2D eigenvalue weighted by Gasteiger charge is -2.33. The van der Waals surface area contributed by atoms with Gasteiger partial charge in [0.25, 0.3) is 0 Å². The molecule has 4 N–H and O–H groups in total. The Kier molecular flexibility index (Phi) is 13.0. The number of rotatable bonds is 15. The highest BCUT2D eigenvalue weighted by molar-refractivity contribution is 7.92. The summed E-state index contributed by atoms with van der Waals surface area (Å²) >= 11 is 1.31. The number of amides is 3. The highest BCUT2D eigenvalue weighted by atomic mass is 32.2. The molecule has 2 heterocycles. The van der Waals surface area contributed by atoms with Crippen LogP contribution >= 0.6 is 11.3 Å². The molecule has 1 fully saturated rings. The SMILES string of the molecule is CB(O)N1CCC[C@@H](NC(=O)CCCN(CCC(c2ccccc2)c2ccccc2)C(=O)Nc2nc(-c3ccc(NS(C)(=O)=O)cc3)cs2)C1. The third-order valence-corrected chi connectivity index (χ3v) is 10.1. The lowest BCUT2D eigenvalue weighted by atomic mass is 9.82. The average Bonchev–Trinajstić information content (AvgIpc) is 3.56. The van der Waals surface area contributed by atoms with Gasteiger partial charge in [0.1, 0.15) is 0 Å². The lowest BCUT2D eigenvalue weighted by Crippen LogP contribution is -2.52. The van der Waals surface area contributed by atoms with E-state index in [1.165, 1.54) is 22.5 Å². The third kappa shape index (κ3) is 11.1. The van der Waals surface area contributed by atoms with E-state index in [0.29, 0.717) is 49.0 Å². The Balaban J connectivity index is 1.25. The molecule has 1 aromatic heterocycles. The Hall–Kier alpha value is -4.24. The van der Waals surface area contributed by atoms with Crippen LogP contribution in [0.1, 0.15) is 49.1 Å². The van der Waals surface area contributed by atoms with Gasteiger partial charge in [0.15, 0.2) is 5.13 Å². The van der Waals surface area contributed by atoms with Gasteiger partial charge < -0.3 is 20.1 Å². The summed E-state index contributed by atoms with van der Waals surface area (Å²) in [6.45, 7) is 4.02. The van der Waals surface area contributed by atoms with Gasteiger partial charge in [-0.25, -0.2) is 18.2 Å². The summed E-state index contributed by atoms with van der Waals surface area (Å²) in [5, 5.41) is 18.3. The summed E-state index contributed by atoms with van der Waals surface area (Å²) in [4.78, 5) is 35.1. The van der Waals surface area contributed by atoms with Crippen LogP contribution in [0.5, 0.6) is 0 Å². The van der Waals surface area contributed by atoms with Crippen LogP contribution in [0, 0.1) is 0 Å². The molecule has 1 saturated heterocycles. The van der Waals surface area contributed by atoms with Crippen LogP contribution in [0.2, 0.25) is 6.82 Å². The topological polar surface area (TPSA) is 144 Å². The maximum atomic E-state index is 13.8. The molecule has 3 aromatic carbocycles. The molecule has 11 nitrogen and oxygen atoms in total. The molecular weight excluding hydrogens is 671 g/mol. The zero-order valence-electron chi connectivity index (χ0n) is 28.5. The summed E-state index contributed by atoms with van der Waals surface area (Å²) in [5.74, 6) is 0.0161. The Bertz CT molecular complexity index is 1750. The summed E-state index contributed by atoms with van der Waals surface area (Å²) in [6.07, 6.45) is 4.34. The van der Waals surface area contributed by atoms with Gasteiger partial charge in [-0.2, -0.15) is 0 Å². The van der Waals surface area contributed by atoms with Crippen molar-refractivity contribution in [3.8, 4) is 11.3 Å². The van der Waals surface area contributed by atoms with E-state index in [-0.39, 0.29) is 30.3 Å². The molecule has 4 aromatic rings. The van der Waals surface area contributed by atoms with Crippen molar-refractivity contribution in [1.29, 1.82) is 0 Å². The van der Waals surface area contributed by atoms with Crippen LogP contribution < -0.4 is 15.4 Å². The van der Waals surface area contributed by atoms with Gasteiger partial charge in [-0.05, 0) is 62.3 Å². The van der Waals surface area contributed by atoms with E-state index >= 15 is 0 Å². The number of hydrogen-bond acceptors (Lipinski definition) is 8. The molecule has 50 heavy (non-hydrogen) atoms. The number of benzene rings is 3. The molecule has 0 unspecified atom stereocenters. The Morgan fingerprint density at radius 3 is 2.30 bits per heavy atom. The maximum absolute atomic E-state index is 13.8. The van der Waals surface area contributed by atoms with E-state index in [9.17, 15) is 23.0 Å². The van der Waals surface area contributed by atoms with Gasteiger partial charge in [-0.3, -0.25) is 14.8 Å². The van der Waals surface area contributed by atoms with Crippen LogP contribution in [0.25, 0.3) is 11.3 Å². The van der Waals surface area contributed by atoms with E-state index in [4.69, 9.17) is 0 Å². The van der Waals surface area contributed by atoms with Crippen molar-refractivity contribution < 1.29 is 23.0 Å². The molecule has 0 radical (unpaired) electrons. The molecule has 0 bridgehead atoms. The van der Waals surface area contributed by atoms with E-state index in [1.54, 1.807) is 36.0 Å². The molecule has 3 amide bonds. The fourth-order valence-corrected chi connectivity index (χ4v) is 7.52. The van der Waals surface area contributed by atoms with E-state index < -0.39 is 17.1 Å². The number of urea groups is 1. The number of carbonyl (C=O) groups excluding carboxylic acids is 2. The van der Waals surface area contributed by atoms with Gasteiger partial charge in [0.2, 0.25) is 15.9 Å². The molecule has 264 valence electrons. The van der Waals surface area contributed by atoms with Gasteiger partial charge >= 0.3 is 13.1 Å². The third-order valence-electron chi connectivity index (χ3n) is 8.76. The monoisotopic (exact) mass is 716 g/mol. The second-order valence-corrected chi connectivity index (χ2v) is 15.3. The van der Waals surface area contributed by atoms with Gasteiger partial charge in [-0.1, -0.05) is 72.8 Å². The predicted octanol–water partition coefficient (Wildman–Crippen LogP) is 5.71.